The molecule has 7 N–H and O–H groups in total. The fraction of sp³-hybridized carbons (Fsp3) is 0.632. The zero-order chi connectivity index (χ0) is 69.9. The Hall–Kier alpha value is -7.28. The number of aliphatic hydroxyl groups excluding tert-OH is 1. The first-order chi connectivity index (χ1) is 46.5. The first kappa shape index (κ1) is 77.1. The van der Waals surface area contributed by atoms with Gasteiger partial charge in [0.05, 0.1) is 68.2 Å². The maximum atomic E-state index is 14.1. The molecule has 4 aliphatic rings. The molecule has 1 aromatic heterocycles. The summed E-state index contributed by atoms with van der Waals surface area (Å²) < 4.78 is 34.4. The Morgan fingerprint density at radius 1 is 0.773 bits per heavy atom. The molecule has 26 nitrogen and oxygen atoms in total. The van der Waals surface area contributed by atoms with Crippen LogP contribution in [-0.2, 0) is 44.8 Å². The quantitative estimate of drug-likeness (QED) is 0.0189. The van der Waals surface area contributed by atoms with Crippen LogP contribution in [0.3, 0.4) is 0 Å². The van der Waals surface area contributed by atoms with E-state index >= 15 is 0 Å². The standard InChI is InChI=1S/C68H98F2N12O14S/c1-48-14-16-49(17-15-48)10-7-12-58(83)73-23-5-3-11-51(75-59(84)42-76-28-30-77(43-63(88)89)32-34-79(45-65(92)93)35-33-78(31-29-76)44-64(90)91)46-97-57-38-61(86)81(67(57)95)25-8-13-60(85)80-26-21-50(22-27-80)9-4-6-36-96-53-18-19-56-55(37-53)54(20-24-72-56)66(94)74-41-62(87)82-47-68(69,70)39-52(82)40-71-2/h14-20,24,37,40,50-52,57-58,73,83H,3-13,21-23,25-36,38-39,41-47H2,1-2H3,(H,74,94)(H,75,84)(H,88,89)(H,90,91)(H,92,93)/b71-40+/t51?,52-,57?,58?/m1/s1. The number of thioether (sulfide) groups is 1. The Labute approximate surface area is 570 Å². The number of hydrogen-bond donors (Lipinski definition) is 7. The lowest BCUT2D eigenvalue weighted by Crippen LogP contribution is -2.50. The lowest BCUT2D eigenvalue weighted by atomic mass is 9.91. The summed E-state index contributed by atoms with van der Waals surface area (Å²) in [4.78, 5) is 136. The van der Waals surface area contributed by atoms with E-state index in [0.717, 1.165) is 49.8 Å². The molecule has 4 saturated heterocycles. The third-order valence-corrected chi connectivity index (χ3v) is 19.6. The zero-order valence-corrected chi connectivity index (χ0v) is 56.8. The number of pyridine rings is 1. The summed E-state index contributed by atoms with van der Waals surface area (Å²) in [6, 6.07) is 13.8. The molecule has 7 rings (SSSR count). The number of carboxylic acids is 3. The number of alkyl halides is 2. The number of nitrogens with one attached hydrogen (secondary N) is 3. The van der Waals surface area contributed by atoms with E-state index in [1.54, 1.807) is 32.9 Å². The Morgan fingerprint density at radius 2 is 1.41 bits per heavy atom. The SMILES string of the molecule is C/N=C/[C@H]1CC(F)(F)CN1C(=O)CNC(=O)c1ccnc2ccc(OCCCCC3CCN(C(=O)CCCN4C(=O)CC(SCC(CCCCNC(O)CCCc5ccc(C)cc5)NC(=O)CN5CCN(CC(=O)O)CCN(CC(=O)O)CCN(CC(=O)O)CC5)C4=O)CC3)cc12. The summed E-state index contributed by atoms with van der Waals surface area (Å²) in [5, 5.41) is 48.4. The Bertz CT molecular complexity index is 3110. The molecule has 4 fully saturated rings. The highest BCUT2D eigenvalue weighted by Gasteiger charge is 2.46. The van der Waals surface area contributed by atoms with Crippen molar-refractivity contribution in [2.75, 3.05) is 137 Å². The number of amides is 6. The molecular weight excluding hydrogens is 1280 g/mol. The number of aliphatic hydroxyl groups is 1. The van der Waals surface area contributed by atoms with Gasteiger partial charge in [-0.05, 0) is 113 Å². The zero-order valence-electron chi connectivity index (χ0n) is 56.0. The molecule has 0 radical (unpaired) electrons. The van der Waals surface area contributed by atoms with E-state index < -0.39 is 78.7 Å². The number of hydrogen-bond acceptors (Lipinski definition) is 19. The number of piperidine rings is 1. The predicted octanol–water partition coefficient (Wildman–Crippen LogP) is 3.70. The van der Waals surface area contributed by atoms with Crippen LogP contribution in [0.25, 0.3) is 10.9 Å². The van der Waals surface area contributed by atoms with Crippen molar-refractivity contribution in [3.63, 3.8) is 0 Å². The molecule has 5 heterocycles. The van der Waals surface area contributed by atoms with E-state index in [2.05, 4.69) is 50.2 Å². The summed E-state index contributed by atoms with van der Waals surface area (Å²) in [5.41, 5.74) is 3.19. The van der Waals surface area contributed by atoms with Crippen LogP contribution in [0.4, 0.5) is 8.78 Å². The van der Waals surface area contributed by atoms with Gasteiger partial charge >= 0.3 is 17.9 Å². The molecule has 4 aliphatic heterocycles. The third-order valence-electron chi connectivity index (χ3n) is 18.2. The maximum absolute atomic E-state index is 14.1. The van der Waals surface area contributed by atoms with E-state index in [-0.39, 0.29) is 127 Å². The first-order valence-corrected chi connectivity index (χ1v) is 35.0. The van der Waals surface area contributed by atoms with E-state index in [9.17, 15) is 72.4 Å². The van der Waals surface area contributed by atoms with Gasteiger partial charge in [0.1, 0.15) is 12.0 Å². The lowest BCUT2D eigenvalue weighted by molar-refractivity contribution is -0.140. The Kier molecular flexibility index (Phi) is 31.3. The average Bonchev–Trinajstić information content (AvgIpc) is 1.80. The summed E-state index contributed by atoms with van der Waals surface area (Å²) in [6.07, 6.45) is 10.4. The molecule has 534 valence electrons. The van der Waals surface area contributed by atoms with Crippen LogP contribution in [0.1, 0.15) is 111 Å². The second kappa shape index (κ2) is 39.3. The molecule has 97 heavy (non-hydrogen) atoms. The summed E-state index contributed by atoms with van der Waals surface area (Å²) in [6.45, 7) is 3.99. The van der Waals surface area contributed by atoms with Crippen molar-refractivity contribution in [3.05, 3.63) is 71.4 Å². The third kappa shape index (κ3) is 26.5. The van der Waals surface area contributed by atoms with Crippen LogP contribution in [0.15, 0.2) is 59.7 Å². The number of ether oxygens (including phenoxy) is 1. The van der Waals surface area contributed by atoms with E-state index in [4.69, 9.17) is 4.74 Å². The largest absolute Gasteiger partial charge is 0.494 e. The molecule has 6 amide bonds. The van der Waals surface area contributed by atoms with Crippen LogP contribution in [-0.4, -0.2) is 286 Å². The Morgan fingerprint density at radius 3 is 2.04 bits per heavy atom. The average molecular weight is 1380 g/mol. The number of aromatic nitrogens is 1. The molecular formula is C68H98F2N12O14S. The number of nitrogens with zero attached hydrogens (tertiary/aromatic N) is 9. The number of carboxylic acid groups (broad SMARTS) is 3. The molecule has 0 aliphatic carbocycles. The summed E-state index contributed by atoms with van der Waals surface area (Å²) in [7, 11) is 1.45. The fourth-order valence-electron chi connectivity index (χ4n) is 12.8. The number of fused-ring (bicyclic) bond motifs is 1. The van der Waals surface area contributed by atoms with Gasteiger partial charge in [0, 0.05) is 128 Å². The van der Waals surface area contributed by atoms with Crippen LogP contribution >= 0.6 is 11.8 Å². The molecule has 2 aromatic carbocycles. The molecule has 0 saturated carbocycles. The van der Waals surface area contributed by atoms with Crippen molar-refractivity contribution in [3.8, 4) is 5.75 Å². The predicted molar refractivity (Wildman–Crippen MR) is 362 cm³/mol. The fourth-order valence-corrected chi connectivity index (χ4v) is 14.0. The van der Waals surface area contributed by atoms with Crippen molar-refractivity contribution in [2.45, 2.75) is 133 Å². The topological polar surface area (TPSA) is 328 Å². The van der Waals surface area contributed by atoms with Gasteiger partial charge in [0.15, 0.2) is 0 Å². The molecule has 3 aromatic rings. The van der Waals surface area contributed by atoms with Crippen molar-refractivity contribution in [2.24, 2.45) is 10.9 Å². The highest BCUT2D eigenvalue weighted by molar-refractivity contribution is 8.00. The van der Waals surface area contributed by atoms with Gasteiger partial charge in [-0.1, -0.05) is 42.7 Å². The monoisotopic (exact) mass is 1380 g/mol. The number of carbonyl (C=O) groups is 9. The van der Waals surface area contributed by atoms with Crippen LogP contribution in [0, 0.1) is 12.8 Å². The van der Waals surface area contributed by atoms with Gasteiger partial charge in [0.2, 0.25) is 29.5 Å². The Balaban J connectivity index is 0.838. The minimum absolute atomic E-state index is 0.0221. The number of imide groups is 1. The van der Waals surface area contributed by atoms with Gasteiger partial charge in [-0.2, -0.15) is 0 Å². The van der Waals surface area contributed by atoms with E-state index in [1.807, 2.05) is 16.7 Å². The number of benzene rings is 2. The molecule has 4 atom stereocenters. The summed E-state index contributed by atoms with van der Waals surface area (Å²) >= 11 is 1.30. The number of unbranched alkanes of at least 4 members (excludes halogenated alkanes) is 2. The van der Waals surface area contributed by atoms with Gasteiger partial charge in [-0.15, -0.1) is 11.8 Å². The van der Waals surface area contributed by atoms with E-state index in [1.165, 1.54) is 53.3 Å². The lowest BCUT2D eigenvalue weighted by Gasteiger charge is -2.33. The molecule has 0 spiro atoms. The second-order valence-corrected chi connectivity index (χ2v) is 27.1. The molecule has 29 heteroatoms. The first-order valence-electron chi connectivity index (χ1n) is 34.0. The van der Waals surface area contributed by atoms with Gasteiger partial charge in [0.25, 0.3) is 11.8 Å². The number of carbonyl (C=O) groups excluding carboxylic acids is 6. The van der Waals surface area contributed by atoms with E-state index in [0.29, 0.717) is 86.7 Å². The normalized spacial score (nSPS) is 19.6. The maximum Gasteiger partial charge on any atom is 0.317 e. The number of rotatable bonds is 36. The van der Waals surface area contributed by atoms with Crippen LogP contribution in [0.5, 0.6) is 5.75 Å². The highest BCUT2D eigenvalue weighted by atomic mass is 32.2. The summed E-state index contributed by atoms with van der Waals surface area (Å²) in [5.74, 6) is -7.20. The molecule has 0 bridgehead atoms. The highest BCUT2D eigenvalue weighted by Crippen LogP contribution is 2.32. The minimum atomic E-state index is -3.05. The number of likely N-dealkylation sites (tertiary alicyclic amines) is 3. The minimum Gasteiger partial charge on any atom is -0.494 e. The van der Waals surface area contributed by atoms with Crippen molar-refractivity contribution >= 4 is 82.2 Å². The van der Waals surface area contributed by atoms with Crippen molar-refractivity contribution in [1.82, 2.24) is 55.2 Å². The van der Waals surface area contributed by atoms with Gasteiger partial charge in [-0.3, -0.25) is 82.9 Å². The van der Waals surface area contributed by atoms with Crippen molar-refractivity contribution in [1.29, 1.82) is 0 Å². The number of aryl methyl sites for hydroxylation is 2. The van der Waals surface area contributed by atoms with Crippen LogP contribution < -0.4 is 20.7 Å². The number of aliphatic carboxylic acids is 3. The smallest absolute Gasteiger partial charge is 0.317 e. The number of halogens is 2. The van der Waals surface area contributed by atoms with Crippen LogP contribution in [0.2, 0.25) is 0 Å². The number of aliphatic imine (C=N–C) groups is 1. The second-order valence-electron chi connectivity index (χ2n) is 25.9. The van der Waals surface area contributed by atoms with Gasteiger partial charge in [-0.25, -0.2) is 8.78 Å². The molecule has 3 unspecified atom stereocenters. The van der Waals surface area contributed by atoms with Gasteiger partial charge < -0.3 is 45.6 Å². The van der Waals surface area contributed by atoms with Crippen molar-refractivity contribution < 1.29 is 77.1 Å².